The van der Waals surface area contributed by atoms with E-state index in [0.717, 1.165) is 23.9 Å². The number of nitrogens with two attached hydrogens (primary N) is 1. The minimum atomic E-state index is -1.00. The van der Waals surface area contributed by atoms with Crippen LogP contribution in [0.1, 0.15) is 32.1 Å². The lowest BCUT2D eigenvalue weighted by atomic mass is 9.81. The Morgan fingerprint density at radius 3 is 2.65 bits per heavy atom. The van der Waals surface area contributed by atoms with E-state index >= 15 is 0 Å². The van der Waals surface area contributed by atoms with Crippen molar-refractivity contribution in [1.29, 1.82) is 0 Å². The summed E-state index contributed by atoms with van der Waals surface area (Å²) in [5, 5.41) is 6.83. The number of pyridine rings is 1. The standard InChI is InChI=1S/C15H19N5O3/c16-13(22)15(7-3-1-4-8-15)17-12(21)10-20-14(23)19-9-5-2-6-11(19)18-20/h2,5-6,9H,1,3-4,7-8,10H2,(H2,16,22)(H,17,21). The Hall–Kier alpha value is -2.64. The molecule has 1 aliphatic rings. The number of amides is 2. The zero-order valence-electron chi connectivity index (χ0n) is 12.7. The van der Waals surface area contributed by atoms with Crippen molar-refractivity contribution in [2.24, 2.45) is 5.73 Å². The van der Waals surface area contributed by atoms with Gasteiger partial charge in [0.2, 0.25) is 11.8 Å². The van der Waals surface area contributed by atoms with Gasteiger partial charge < -0.3 is 11.1 Å². The lowest BCUT2D eigenvalue weighted by molar-refractivity contribution is -0.133. The Labute approximate surface area is 132 Å². The molecule has 0 saturated heterocycles. The van der Waals surface area contributed by atoms with Gasteiger partial charge in [0.15, 0.2) is 5.65 Å². The van der Waals surface area contributed by atoms with E-state index in [1.54, 1.807) is 24.4 Å². The number of rotatable bonds is 4. The molecule has 0 radical (unpaired) electrons. The molecule has 0 aromatic carbocycles. The SMILES string of the molecule is NC(=O)C1(NC(=O)Cn2nc3ccccn3c2=O)CCCCC1. The summed E-state index contributed by atoms with van der Waals surface area (Å²) in [6.45, 7) is -0.241. The highest BCUT2D eigenvalue weighted by molar-refractivity contribution is 5.90. The maximum absolute atomic E-state index is 12.3. The zero-order valence-corrected chi connectivity index (χ0v) is 12.7. The van der Waals surface area contributed by atoms with Crippen LogP contribution in [0.2, 0.25) is 0 Å². The highest BCUT2D eigenvalue weighted by atomic mass is 16.2. The quantitative estimate of drug-likeness (QED) is 0.813. The molecule has 1 aliphatic carbocycles. The third kappa shape index (κ3) is 2.84. The number of hydrogen-bond acceptors (Lipinski definition) is 4. The van der Waals surface area contributed by atoms with Crippen molar-refractivity contribution < 1.29 is 9.59 Å². The molecule has 3 N–H and O–H groups in total. The Morgan fingerprint density at radius 1 is 1.26 bits per heavy atom. The van der Waals surface area contributed by atoms with Gasteiger partial charge in [-0.15, -0.1) is 5.10 Å². The second-order valence-electron chi connectivity index (χ2n) is 5.92. The van der Waals surface area contributed by atoms with Gasteiger partial charge in [0.05, 0.1) is 0 Å². The summed E-state index contributed by atoms with van der Waals surface area (Å²) < 4.78 is 2.44. The first kappa shape index (κ1) is 15.3. The van der Waals surface area contributed by atoms with Crippen molar-refractivity contribution in [2.45, 2.75) is 44.2 Å². The van der Waals surface area contributed by atoms with Crippen molar-refractivity contribution in [3.05, 3.63) is 34.9 Å². The first-order valence-corrected chi connectivity index (χ1v) is 7.67. The van der Waals surface area contributed by atoms with E-state index in [1.165, 1.54) is 4.40 Å². The van der Waals surface area contributed by atoms with Gasteiger partial charge in [0.1, 0.15) is 12.1 Å². The van der Waals surface area contributed by atoms with Crippen molar-refractivity contribution in [1.82, 2.24) is 19.5 Å². The molecule has 0 aliphatic heterocycles. The fourth-order valence-corrected chi connectivity index (χ4v) is 3.10. The van der Waals surface area contributed by atoms with Crippen LogP contribution in [0.5, 0.6) is 0 Å². The van der Waals surface area contributed by atoms with Crippen LogP contribution in [0.15, 0.2) is 29.2 Å². The largest absolute Gasteiger partial charge is 0.368 e. The van der Waals surface area contributed by atoms with Crippen LogP contribution in [0, 0.1) is 0 Å². The summed E-state index contributed by atoms with van der Waals surface area (Å²) in [6.07, 6.45) is 5.37. The number of carbonyl (C=O) groups excluding carboxylic acids is 2. The molecule has 0 atom stereocenters. The smallest absolute Gasteiger partial charge is 0.350 e. The molecule has 0 spiro atoms. The lowest BCUT2D eigenvalue weighted by Crippen LogP contribution is -2.59. The summed E-state index contributed by atoms with van der Waals surface area (Å²) >= 11 is 0. The van der Waals surface area contributed by atoms with Crippen LogP contribution in [0.4, 0.5) is 0 Å². The first-order chi connectivity index (χ1) is 11.0. The molecule has 8 nitrogen and oxygen atoms in total. The highest BCUT2D eigenvalue weighted by Crippen LogP contribution is 2.27. The topological polar surface area (TPSA) is 111 Å². The van der Waals surface area contributed by atoms with Crippen LogP contribution in [-0.2, 0) is 16.1 Å². The normalized spacial score (nSPS) is 17.0. The van der Waals surface area contributed by atoms with E-state index in [9.17, 15) is 14.4 Å². The Kier molecular flexibility index (Phi) is 3.89. The number of fused-ring (bicyclic) bond motifs is 1. The van der Waals surface area contributed by atoms with Crippen LogP contribution in [0.3, 0.4) is 0 Å². The fraction of sp³-hybridized carbons (Fsp3) is 0.467. The van der Waals surface area contributed by atoms with Crippen molar-refractivity contribution in [2.75, 3.05) is 0 Å². The summed E-state index contributed by atoms with van der Waals surface area (Å²) in [4.78, 5) is 36.2. The van der Waals surface area contributed by atoms with E-state index in [1.807, 2.05) is 0 Å². The average molecular weight is 317 g/mol. The van der Waals surface area contributed by atoms with E-state index in [2.05, 4.69) is 10.4 Å². The summed E-state index contributed by atoms with van der Waals surface area (Å²) in [5.41, 5.74) is 4.56. The lowest BCUT2D eigenvalue weighted by Gasteiger charge is -2.35. The predicted molar refractivity (Wildman–Crippen MR) is 82.6 cm³/mol. The molecule has 122 valence electrons. The van der Waals surface area contributed by atoms with Gasteiger partial charge in [-0.25, -0.2) is 9.48 Å². The van der Waals surface area contributed by atoms with E-state index in [-0.39, 0.29) is 6.54 Å². The van der Waals surface area contributed by atoms with Gasteiger partial charge >= 0.3 is 5.69 Å². The third-order valence-electron chi connectivity index (χ3n) is 4.34. The average Bonchev–Trinajstić information content (AvgIpc) is 2.84. The molecule has 3 rings (SSSR count). The van der Waals surface area contributed by atoms with E-state index in [4.69, 9.17) is 5.73 Å². The molecular weight excluding hydrogens is 298 g/mol. The molecule has 2 amide bonds. The Balaban J connectivity index is 1.79. The second-order valence-corrected chi connectivity index (χ2v) is 5.92. The zero-order chi connectivity index (χ0) is 16.4. The Morgan fingerprint density at radius 2 is 2.00 bits per heavy atom. The number of hydrogen-bond donors (Lipinski definition) is 2. The van der Waals surface area contributed by atoms with E-state index in [0.29, 0.717) is 18.5 Å². The minimum Gasteiger partial charge on any atom is -0.368 e. The maximum atomic E-state index is 12.3. The molecule has 1 fully saturated rings. The third-order valence-corrected chi connectivity index (χ3v) is 4.34. The van der Waals surface area contributed by atoms with Gasteiger partial charge in [-0.3, -0.25) is 14.0 Å². The monoisotopic (exact) mass is 317 g/mol. The van der Waals surface area contributed by atoms with Gasteiger partial charge in [-0.05, 0) is 25.0 Å². The predicted octanol–water partition coefficient (Wildman–Crippen LogP) is -0.200. The van der Waals surface area contributed by atoms with Gasteiger partial charge in [0, 0.05) is 6.20 Å². The van der Waals surface area contributed by atoms with Crippen LogP contribution in [-0.4, -0.2) is 31.5 Å². The van der Waals surface area contributed by atoms with Crippen LogP contribution in [0.25, 0.3) is 5.65 Å². The van der Waals surface area contributed by atoms with Crippen LogP contribution < -0.4 is 16.7 Å². The number of nitrogens with one attached hydrogen (secondary N) is 1. The highest BCUT2D eigenvalue weighted by Gasteiger charge is 2.39. The van der Waals surface area contributed by atoms with Crippen molar-refractivity contribution >= 4 is 17.5 Å². The molecule has 1 saturated carbocycles. The number of carbonyl (C=O) groups is 2. The minimum absolute atomic E-state index is 0.241. The number of aromatic nitrogens is 3. The molecule has 0 bridgehead atoms. The molecular formula is C15H19N5O3. The van der Waals surface area contributed by atoms with E-state index < -0.39 is 23.0 Å². The molecule has 2 aromatic rings. The van der Waals surface area contributed by atoms with Gasteiger partial charge in [0.25, 0.3) is 0 Å². The second kappa shape index (κ2) is 5.86. The van der Waals surface area contributed by atoms with Gasteiger partial charge in [-0.1, -0.05) is 25.3 Å². The van der Waals surface area contributed by atoms with Crippen molar-refractivity contribution in [3.63, 3.8) is 0 Å². The molecule has 0 unspecified atom stereocenters. The number of nitrogens with zero attached hydrogens (tertiary/aromatic N) is 3. The summed E-state index contributed by atoms with van der Waals surface area (Å²) in [7, 11) is 0. The Bertz CT molecular complexity index is 801. The molecule has 2 aromatic heterocycles. The van der Waals surface area contributed by atoms with Gasteiger partial charge in [-0.2, -0.15) is 0 Å². The molecule has 8 heteroatoms. The maximum Gasteiger partial charge on any atom is 0.350 e. The van der Waals surface area contributed by atoms with Crippen molar-refractivity contribution in [3.8, 4) is 0 Å². The van der Waals surface area contributed by atoms with Crippen LogP contribution >= 0.6 is 0 Å². The first-order valence-electron chi connectivity index (χ1n) is 7.67. The molecule has 2 heterocycles. The molecule has 23 heavy (non-hydrogen) atoms. The summed E-state index contributed by atoms with van der Waals surface area (Å²) in [6, 6.07) is 5.16. The fourth-order valence-electron chi connectivity index (χ4n) is 3.10. The summed E-state index contributed by atoms with van der Waals surface area (Å²) in [5.74, 6) is -0.955. The number of primary amides is 1.